The van der Waals surface area contributed by atoms with Crippen molar-refractivity contribution in [3.63, 3.8) is 0 Å². The molecule has 146 valence electrons. The predicted molar refractivity (Wildman–Crippen MR) is 99.9 cm³/mol. The van der Waals surface area contributed by atoms with Gasteiger partial charge in [0, 0.05) is 11.9 Å². The van der Waals surface area contributed by atoms with Gasteiger partial charge >= 0.3 is 5.63 Å². The van der Waals surface area contributed by atoms with E-state index in [1.165, 1.54) is 4.90 Å². The number of furan rings is 1. The van der Waals surface area contributed by atoms with Crippen molar-refractivity contribution in [2.45, 2.75) is 46.1 Å². The van der Waals surface area contributed by atoms with Gasteiger partial charge in [0.2, 0.25) is 5.91 Å². The van der Waals surface area contributed by atoms with Crippen LogP contribution in [0.3, 0.4) is 0 Å². The Balaban J connectivity index is 1.83. The first kappa shape index (κ1) is 18.3. The molecule has 7 heteroatoms. The number of nitrogens with zero attached hydrogens (tertiary/aromatic N) is 1. The average Bonchev–Trinajstić information content (AvgIpc) is 3.25. The molecule has 3 heterocycles. The molecule has 1 aliphatic rings. The number of aryl methyl sites for hydroxylation is 3. The number of hydrogen-bond donors (Lipinski definition) is 0. The minimum atomic E-state index is -1.27. The second-order valence-corrected chi connectivity index (χ2v) is 7.42. The van der Waals surface area contributed by atoms with E-state index in [9.17, 15) is 19.5 Å². The number of carboxylic acids is 1. The van der Waals surface area contributed by atoms with Crippen LogP contribution in [0.4, 0.5) is 0 Å². The molecule has 0 spiro atoms. The molecule has 1 saturated heterocycles. The van der Waals surface area contributed by atoms with E-state index in [0.29, 0.717) is 41.5 Å². The Morgan fingerprint density at radius 1 is 1.21 bits per heavy atom. The van der Waals surface area contributed by atoms with Gasteiger partial charge in [0.1, 0.15) is 11.2 Å². The molecule has 4 rings (SSSR count). The maximum absolute atomic E-state index is 12.7. The van der Waals surface area contributed by atoms with Gasteiger partial charge in [-0.05, 0) is 56.4 Å². The predicted octanol–water partition coefficient (Wildman–Crippen LogP) is 1.75. The molecule has 0 bridgehead atoms. The first-order valence-electron chi connectivity index (χ1n) is 9.23. The summed E-state index contributed by atoms with van der Waals surface area (Å²) in [4.78, 5) is 37.8. The minimum absolute atomic E-state index is 0.219. The standard InChI is InChI=1S/C21H21NO6/c1-10-7-15-18(19-17(10)11(2)9-27-19)12(3)13(21(26)28-15)8-16(23)22-6-4-5-14(22)20(24)25/h7,9,14H,4-6,8H2,1-3H3,(H,24,25)/p-1/t14-/m0/s1. The lowest BCUT2D eigenvalue weighted by Crippen LogP contribution is -2.47. The Kier molecular flexibility index (Phi) is 4.25. The van der Waals surface area contributed by atoms with Crippen LogP contribution in [0, 0.1) is 20.8 Å². The molecule has 0 aliphatic carbocycles. The van der Waals surface area contributed by atoms with Crippen LogP contribution < -0.4 is 10.7 Å². The van der Waals surface area contributed by atoms with Crippen molar-refractivity contribution in [2.75, 3.05) is 6.54 Å². The highest BCUT2D eigenvalue weighted by Gasteiger charge is 2.30. The molecule has 2 aromatic heterocycles. The number of aliphatic carboxylic acids is 1. The quantitative estimate of drug-likeness (QED) is 0.639. The molecular formula is C21H20NO6-. The van der Waals surface area contributed by atoms with Gasteiger partial charge in [-0.1, -0.05) is 0 Å². The number of carbonyl (C=O) groups is 2. The number of carboxylic acid groups (broad SMARTS) is 1. The molecule has 0 N–H and O–H groups in total. The van der Waals surface area contributed by atoms with Gasteiger partial charge < -0.3 is 23.6 Å². The molecule has 0 unspecified atom stereocenters. The second kappa shape index (κ2) is 6.51. The Morgan fingerprint density at radius 3 is 2.68 bits per heavy atom. The van der Waals surface area contributed by atoms with E-state index in [4.69, 9.17) is 8.83 Å². The van der Waals surface area contributed by atoms with Crippen LogP contribution in [-0.2, 0) is 16.0 Å². The van der Waals surface area contributed by atoms with Gasteiger partial charge in [-0.15, -0.1) is 0 Å². The topological polar surface area (TPSA) is 104 Å². The number of hydrogen-bond acceptors (Lipinski definition) is 6. The highest BCUT2D eigenvalue weighted by atomic mass is 16.4. The zero-order valence-corrected chi connectivity index (χ0v) is 16.0. The summed E-state index contributed by atoms with van der Waals surface area (Å²) in [5, 5.41) is 12.9. The van der Waals surface area contributed by atoms with Crippen LogP contribution in [0.25, 0.3) is 21.9 Å². The summed E-state index contributed by atoms with van der Waals surface area (Å²) in [5.74, 6) is -1.68. The molecule has 0 radical (unpaired) electrons. The van der Waals surface area contributed by atoms with Crippen LogP contribution >= 0.6 is 0 Å². The SMILES string of the molecule is Cc1coc2c1c(C)cc1oc(=O)c(CC(=O)N3CCC[C@H]3C(=O)[O-])c(C)c12. The summed E-state index contributed by atoms with van der Waals surface area (Å²) in [6.45, 7) is 5.96. The van der Waals surface area contributed by atoms with Crippen LogP contribution in [0.2, 0.25) is 0 Å². The summed E-state index contributed by atoms with van der Waals surface area (Å²) < 4.78 is 11.2. The van der Waals surface area contributed by atoms with E-state index in [0.717, 1.165) is 16.5 Å². The van der Waals surface area contributed by atoms with Crippen LogP contribution in [0.1, 0.15) is 35.1 Å². The zero-order valence-electron chi connectivity index (χ0n) is 16.0. The number of benzene rings is 1. The van der Waals surface area contributed by atoms with Gasteiger partial charge in [0.15, 0.2) is 0 Å². The lowest BCUT2D eigenvalue weighted by atomic mass is 9.98. The van der Waals surface area contributed by atoms with Crippen molar-refractivity contribution in [3.8, 4) is 0 Å². The Bertz CT molecular complexity index is 1190. The molecular weight excluding hydrogens is 362 g/mol. The van der Waals surface area contributed by atoms with Crippen molar-refractivity contribution in [1.82, 2.24) is 4.90 Å². The van der Waals surface area contributed by atoms with Gasteiger partial charge in [0.05, 0.1) is 35.6 Å². The second-order valence-electron chi connectivity index (χ2n) is 7.42. The van der Waals surface area contributed by atoms with Gasteiger partial charge in [-0.3, -0.25) is 4.79 Å². The first-order valence-corrected chi connectivity index (χ1v) is 9.23. The molecule has 1 amide bonds. The molecule has 1 aliphatic heterocycles. The van der Waals surface area contributed by atoms with E-state index < -0.39 is 23.5 Å². The van der Waals surface area contributed by atoms with Crippen molar-refractivity contribution in [2.24, 2.45) is 0 Å². The Morgan fingerprint density at radius 2 is 1.96 bits per heavy atom. The number of rotatable bonds is 3. The maximum atomic E-state index is 12.7. The van der Waals surface area contributed by atoms with Gasteiger partial charge in [-0.2, -0.15) is 0 Å². The highest BCUT2D eigenvalue weighted by molar-refractivity contribution is 6.07. The lowest BCUT2D eigenvalue weighted by Gasteiger charge is -2.25. The number of amides is 1. The number of likely N-dealkylation sites (tertiary alicyclic amines) is 1. The number of fused-ring (bicyclic) bond motifs is 3. The third kappa shape index (κ3) is 2.69. The van der Waals surface area contributed by atoms with Crippen molar-refractivity contribution < 1.29 is 23.5 Å². The van der Waals surface area contributed by atoms with Gasteiger partial charge in [0.25, 0.3) is 0 Å². The summed E-state index contributed by atoms with van der Waals surface area (Å²) in [6.07, 6.45) is 2.40. The van der Waals surface area contributed by atoms with Crippen molar-refractivity contribution >= 4 is 33.8 Å². The third-order valence-corrected chi connectivity index (χ3v) is 5.64. The normalized spacial score (nSPS) is 17.0. The summed E-state index contributed by atoms with van der Waals surface area (Å²) in [6, 6.07) is 0.856. The van der Waals surface area contributed by atoms with Crippen LogP contribution in [0.5, 0.6) is 0 Å². The van der Waals surface area contributed by atoms with E-state index in [-0.39, 0.29) is 12.0 Å². The smallest absolute Gasteiger partial charge is 0.340 e. The molecule has 0 saturated carbocycles. The number of carbonyl (C=O) groups excluding carboxylic acids is 2. The third-order valence-electron chi connectivity index (χ3n) is 5.64. The van der Waals surface area contributed by atoms with Gasteiger partial charge in [-0.25, -0.2) is 4.79 Å². The molecule has 1 atom stereocenters. The van der Waals surface area contributed by atoms with Crippen LogP contribution in [0.15, 0.2) is 26.0 Å². The summed E-state index contributed by atoms with van der Waals surface area (Å²) in [7, 11) is 0. The highest BCUT2D eigenvalue weighted by Crippen LogP contribution is 2.34. The molecule has 1 fully saturated rings. The van der Waals surface area contributed by atoms with E-state index in [1.807, 2.05) is 13.8 Å². The van der Waals surface area contributed by atoms with Crippen molar-refractivity contribution in [3.05, 3.63) is 45.0 Å². The molecule has 1 aromatic carbocycles. The molecule has 3 aromatic rings. The Hall–Kier alpha value is -3.09. The average molecular weight is 382 g/mol. The fourth-order valence-corrected chi connectivity index (χ4v) is 4.24. The minimum Gasteiger partial charge on any atom is -0.548 e. The fourth-order valence-electron chi connectivity index (χ4n) is 4.24. The fraction of sp³-hybridized carbons (Fsp3) is 0.381. The van der Waals surface area contributed by atoms with E-state index >= 15 is 0 Å². The zero-order chi connectivity index (χ0) is 20.2. The van der Waals surface area contributed by atoms with E-state index in [1.54, 1.807) is 19.3 Å². The monoisotopic (exact) mass is 382 g/mol. The Labute approximate surface area is 160 Å². The van der Waals surface area contributed by atoms with Crippen LogP contribution in [-0.4, -0.2) is 29.4 Å². The lowest BCUT2D eigenvalue weighted by molar-refractivity contribution is -0.310. The van der Waals surface area contributed by atoms with Crippen molar-refractivity contribution in [1.29, 1.82) is 0 Å². The maximum Gasteiger partial charge on any atom is 0.340 e. The first-order chi connectivity index (χ1) is 13.3. The summed E-state index contributed by atoms with van der Waals surface area (Å²) in [5.41, 5.74) is 3.19. The largest absolute Gasteiger partial charge is 0.548 e. The molecule has 28 heavy (non-hydrogen) atoms. The summed E-state index contributed by atoms with van der Waals surface area (Å²) >= 11 is 0. The van der Waals surface area contributed by atoms with E-state index in [2.05, 4.69) is 0 Å². The molecule has 7 nitrogen and oxygen atoms in total.